The number of ether oxygens (including phenoxy) is 1. The summed E-state index contributed by atoms with van der Waals surface area (Å²) in [6.45, 7) is 8.91. The molecule has 1 aliphatic carbocycles. The minimum absolute atomic E-state index is 0.0841. The van der Waals surface area contributed by atoms with Crippen LogP contribution in [0.25, 0.3) is 0 Å². The molecule has 1 N–H and O–H groups in total. The van der Waals surface area contributed by atoms with Gasteiger partial charge in [0.2, 0.25) is 0 Å². The van der Waals surface area contributed by atoms with Crippen LogP contribution in [0.15, 0.2) is 0 Å². The fraction of sp³-hybridized carbons (Fsp3) is 1.00. The average Bonchev–Trinajstić information content (AvgIpc) is 2.83. The van der Waals surface area contributed by atoms with Crippen molar-refractivity contribution in [3.63, 3.8) is 0 Å². The molecule has 16 heavy (non-hydrogen) atoms. The van der Waals surface area contributed by atoms with Gasteiger partial charge in [0.25, 0.3) is 0 Å². The Balaban J connectivity index is 2.09. The summed E-state index contributed by atoms with van der Waals surface area (Å²) in [5, 5.41) is 3.62. The lowest BCUT2D eigenvalue weighted by Crippen LogP contribution is -2.61. The van der Waals surface area contributed by atoms with E-state index in [9.17, 15) is 0 Å². The zero-order chi connectivity index (χ0) is 11.6. The van der Waals surface area contributed by atoms with Gasteiger partial charge in [0, 0.05) is 13.1 Å². The van der Waals surface area contributed by atoms with Crippen LogP contribution in [0.5, 0.6) is 0 Å². The first-order chi connectivity index (χ1) is 7.64. The van der Waals surface area contributed by atoms with Gasteiger partial charge < -0.3 is 10.1 Å². The van der Waals surface area contributed by atoms with Crippen LogP contribution in [-0.4, -0.2) is 24.3 Å². The second-order valence-corrected chi connectivity index (χ2v) is 5.89. The predicted octanol–water partition coefficient (Wildman–Crippen LogP) is 3.11. The van der Waals surface area contributed by atoms with Gasteiger partial charge in [0.15, 0.2) is 0 Å². The second kappa shape index (κ2) is 4.66. The van der Waals surface area contributed by atoms with Crippen molar-refractivity contribution in [2.45, 2.75) is 70.5 Å². The predicted molar refractivity (Wildman–Crippen MR) is 67.6 cm³/mol. The third-order valence-electron chi connectivity index (χ3n) is 4.88. The molecule has 0 amide bonds. The summed E-state index contributed by atoms with van der Waals surface area (Å²) >= 11 is 0. The fourth-order valence-corrected chi connectivity index (χ4v) is 3.51. The van der Waals surface area contributed by atoms with Gasteiger partial charge in [0.05, 0.1) is 11.2 Å². The van der Waals surface area contributed by atoms with Crippen molar-refractivity contribution in [3.05, 3.63) is 0 Å². The third-order valence-corrected chi connectivity index (χ3v) is 4.88. The van der Waals surface area contributed by atoms with Crippen molar-refractivity contribution in [2.75, 3.05) is 13.1 Å². The molecule has 1 heterocycles. The summed E-state index contributed by atoms with van der Waals surface area (Å²) in [5.74, 6) is 0.776. The van der Waals surface area contributed by atoms with Crippen LogP contribution in [0.2, 0.25) is 0 Å². The smallest absolute Gasteiger partial charge is 0.0814 e. The van der Waals surface area contributed by atoms with E-state index in [-0.39, 0.29) is 11.2 Å². The molecule has 1 atom stereocenters. The van der Waals surface area contributed by atoms with Crippen molar-refractivity contribution in [1.29, 1.82) is 0 Å². The SMILES string of the molecule is CCC1(CC)CNCC(C)(C2CCCC2)O1. The van der Waals surface area contributed by atoms with Crippen LogP contribution in [0.3, 0.4) is 0 Å². The zero-order valence-electron chi connectivity index (χ0n) is 11.1. The number of rotatable bonds is 3. The Kier molecular flexibility index (Phi) is 3.60. The van der Waals surface area contributed by atoms with Crippen molar-refractivity contribution >= 4 is 0 Å². The largest absolute Gasteiger partial charge is 0.366 e. The molecule has 1 unspecified atom stereocenters. The van der Waals surface area contributed by atoms with E-state index < -0.39 is 0 Å². The van der Waals surface area contributed by atoms with Gasteiger partial charge in [-0.1, -0.05) is 26.7 Å². The Morgan fingerprint density at radius 1 is 1.12 bits per heavy atom. The maximum atomic E-state index is 6.58. The Morgan fingerprint density at radius 2 is 1.75 bits per heavy atom. The highest BCUT2D eigenvalue weighted by Gasteiger charge is 2.45. The van der Waals surface area contributed by atoms with Crippen LogP contribution in [0.4, 0.5) is 0 Å². The minimum atomic E-state index is 0.0841. The Morgan fingerprint density at radius 3 is 2.31 bits per heavy atom. The zero-order valence-corrected chi connectivity index (χ0v) is 11.1. The van der Waals surface area contributed by atoms with Crippen molar-refractivity contribution < 1.29 is 4.74 Å². The molecule has 0 radical (unpaired) electrons. The lowest BCUT2D eigenvalue weighted by Gasteiger charge is -2.49. The summed E-state index contributed by atoms with van der Waals surface area (Å²) in [7, 11) is 0. The maximum absolute atomic E-state index is 6.58. The van der Waals surface area contributed by atoms with E-state index in [1.54, 1.807) is 0 Å². The van der Waals surface area contributed by atoms with Crippen LogP contribution >= 0.6 is 0 Å². The molecule has 1 aliphatic heterocycles. The quantitative estimate of drug-likeness (QED) is 0.797. The van der Waals surface area contributed by atoms with Gasteiger partial charge in [0.1, 0.15) is 0 Å². The standard InChI is InChI=1S/C14H27NO/c1-4-14(5-2)11-15-10-13(3,16-14)12-8-6-7-9-12/h12,15H,4-11H2,1-3H3. The van der Waals surface area contributed by atoms with Crippen LogP contribution in [0, 0.1) is 5.92 Å². The highest BCUT2D eigenvalue weighted by atomic mass is 16.5. The number of nitrogens with one attached hydrogen (secondary N) is 1. The molecular weight excluding hydrogens is 198 g/mol. The first kappa shape index (κ1) is 12.4. The van der Waals surface area contributed by atoms with Crippen LogP contribution in [-0.2, 0) is 4.74 Å². The Labute approximate surface area is 100 Å². The summed E-state index contributed by atoms with van der Waals surface area (Å²) in [4.78, 5) is 0. The molecule has 0 aromatic carbocycles. The van der Waals surface area contributed by atoms with E-state index in [0.29, 0.717) is 0 Å². The highest BCUT2D eigenvalue weighted by molar-refractivity contribution is 4.98. The molecule has 2 aliphatic rings. The van der Waals surface area contributed by atoms with E-state index >= 15 is 0 Å². The van der Waals surface area contributed by atoms with E-state index in [0.717, 1.165) is 31.8 Å². The third kappa shape index (κ3) is 2.14. The second-order valence-electron chi connectivity index (χ2n) is 5.89. The normalized spacial score (nSPS) is 35.4. The van der Waals surface area contributed by atoms with Crippen molar-refractivity contribution in [3.8, 4) is 0 Å². The number of hydrogen-bond donors (Lipinski definition) is 1. The molecule has 2 heteroatoms. The lowest BCUT2D eigenvalue weighted by atomic mass is 9.83. The summed E-state index contributed by atoms with van der Waals surface area (Å²) in [6, 6.07) is 0. The van der Waals surface area contributed by atoms with Gasteiger partial charge in [-0.25, -0.2) is 0 Å². The fourth-order valence-electron chi connectivity index (χ4n) is 3.51. The van der Waals surface area contributed by atoms with E-state index in [1.807, 2.05) is 0 Å². The minimum Gasteiger partial charge on any atom is -0.366 e. The van der Waals surface area contributed by atoms with E-state index in [1.165, 1.54) is 25.7 Å². The molecule has 0 bridgehead atoms. The summed E-state index contributed by atoms with van der Waals surface area (Å²) in [6.07, 6.45) is 7.77. The van der Waals surface area contributed by atoms with Gasteiger partial charge in [-0.15, -0.1) is 0 Å². The van der Waals surface area contributed by atoms with Crippen molar-refractivity contribution in [1.82, 2.24) is 5.32 Å². The molecule has 1 saturated carbocycles. The lowest BCUT2D eigenvalue weighted by molar-refractivity contribution is -0.195. The summed E-state index contributed by atoms with van der Waals surface area (Å²) < 4.78 is 6.58. The number of hydrogen-bond acceptors (Lipinski definition) is 2. The molecule has 0 spiro atoms. The molecule has 2 rings (SSSR count). The maximum Gasteiger partial charge on any atom is 0.0814 e. The van der Waals surface area contributed by atoms with E-state index in [2.05, 4.69) is 26.1 Å². The topological polar surface area (TPSA) is 21.3 Å². The van der Waals surface area contributed by atoms with Crippen LogP contribution < -0.4 is 5.32 Å². The molecular formula is C14H27NO. The monoisotopic (exact) mass is 225 g/mol. The molecule has 0 aromatic rings. The Bertz CT molecular complexity index is 231. The first-order valence-electron chi connectivity index (χ1n) is 7.05. The molecule has 2 nitrogen and oxygen atoms in total. The number of morpholine rings is 1. The molecule has 0 aromatic heterocycles. The van der Waals surface area contributed by atoms with E-state index in [4.69, 9.17) is 4.74 Å². The average molecular weight is 225 g/mol. The van der Waals surface area contributed by atoms with Gasteiger partial charge in [-0.3, -0.25) is 0 Å². The van der Waals surface area contributed by atoms with Gasteiger partial charge in [-0.2, -0.15) is 0 Å². The molecule has 1 saturated heterocycles. The Hall–Kier alpha value is -0.0800. The summed E-state index contributed by atoms with van der Waals surface area (Å²) in [5.41, 5.74) is 0.177. The molecule has 94 valence electrons. The molecule has 2 fully saturated rings. The van der Waals surface area contributed by atoms with Gasteiger partial charge >= 0.3 is 0 Å². The highest BCUT2D eigenvalue weighted by Crippen LogP contribution is 2.41. The van der Waals surface area contributed by atoms with Gasteiger partial charge in [-0.05, 0) is 38.5 Å². The first-order valence-corrected chi connectivity index (χ1v) is 7.05. The van der Waals surface area contributed by atoms with Crippen LogP contribution in [0.1, 0.15) is 59.3 Å². The van der Waals surface area contributed by atoms with Crippen molar-refractivity contribution in [2.24, 2.45) is 5.92 Å².